The van der Waals surface area contributed by atoms with Crippen LogP contribution in [0.15, 0.2) is 49.1 Å². The number of benzene rings is 1. The predicted octanol–water partition coefficient (Wildman–Crippen LogP) is 2.60. The van der Waals surface area contributed by atoms with E-state index in [1.807, 2.05) is 0 Å². The third kappa shape index (κ3) is 4.27. The Morgan fingerprint density at radius 3 is 2.81 bits per heavy atom. The molecule has 1 amide bonds. The summed E-state index contributed by atoms with van der Waals surface area (Å²) in [4.78, 5) is 26.4. The van der Waals surface area contributed by atoms with Crippen LogP contribution in [0.3, 0.4) is 0 Å². The van der Waals surface area contributed by atoms with Gasteiger partial charge in [-0.15, -0.1) is 0 Å². The molecule has 12 heteroatoms. The minimum Gasteiger partial charge on any atom is -0.452 e. The van der Waals surface area contributed by atoms with Crippen molar-refractivity contribution in [3.63, 3.8) is 0 Å². The topological polar surface area (TPSA) is 132 Å². The largest absolute Gasteiger partial charge is 0.452 e. The average Bonchev–Trinajstić information content (AvgIpc) is 3.44. The zero-order valence-corrected chi connectivity index (χ0v) is 18.9. The van der Waals surface area contributed by atoms with E-state index < -0.39 is 18.1 Å². The monoisotopic (exact) mass is 491 g/mol. The van der Waals surface area contributed by atoms with Gasteiger partial charge in [0, 0.05) is 37.2 Å². The van der Waals surface area contributed by atoms with Gasteiger partial charge < -0.3 is 20.5 Å². The van der Waals surface area contributed by atoms with Gasteiger partial charge in [-0.3, -0.25) is 4.79 Å². The van der Waals surface area contributed by atoms with Crippen LogP contribution >= 0.6 is 0 Å². The smallest absolute Gasteiger partial charge is 0.333 e. The summed E-state index contributed by atoms with van der Waals surface area (Å²) in [6.45, 7) is -2.39. The van der Waals surface area contributed by atoms with Crippen LogP contribution in [0.1, 0.15) is 18.5 Å². The molecule has 1 fully saturated rings. The summed E-state index contributed by atoms with van der Waals surface area (Å²) in [6, 6.07) is 8.57. The summed E-state index contributed by atoms with van der Waals surface area (Å²) < 4.78 is 32.1. The number of pyridine rings is 1. The molecule has 36 heavy (non-hydrogen) atoms. The molecule has 0 aliphatic carbocycles. The van der Waals surface area contributed by atoms with Gasteiger partial charge in [0.1, 0.15) is 17.4 Å². The highest BCUT2D eigenvalue weighted by Gasteiger charge is 2.42. The molecule has 4 heterocycles. The summed E-state index contributed by atoms with van der Waals surface area (Å²) >= 11 is 0. The van der Waals surface area contributed by atoms with Crippen LogP contribution in [0.2, 0.25) is 0 Å². The van der Waals surface area contributed by atoms with Crippen molar-refractivity contribution in [3.05, 3.63) is 54.6 Å². The number of nitrogens with two attached hydrogens (primary N) is 1. The van der Waals surface area contributed by atoms with Gasteiger partial charge in [0.25, 0.3) is 5.91 Å². The second-order valence-corrected chi connectivity index (χ2v) is 8.17. The van der Waals surface area contributed by atoms with Crippen molar-refractivity contribution < 1.29 is 23.4 Å². The minimum absolute atomic E-state index is 0.0741. The molecule has 0 radical (unpaired) electrons. The Morgan fingerprint density at radius 1 is 1.25 bits per heavy atom. The van der Waals surface area contributed by atoms with E-state index in [-0.39, 0.29) is 34.8 Å². The molecule has 1 aromatic carbocycles. The number of amides is 1. The number of nitrogens with zero attached hydrogens (tertiary/aromatic N) is 6. The molecule has 0 bridgehead atoms. The first kappa shape index (κ1) is 23.1. The van der Waals surface area contributed by atoms with Crippen LogP contribution < -0.4 is 10.5 Å². The Balaban J connectivity index is 1.54. The number of fused-ring (bicyclic) bond motifs is 1. The summed E-state index contributed by atoms with van der Waals surface area (Å²) in [5.74, 6) is 5.51. The first-order valence-electron chi connectivity index (χ1n) is 10.8. The van der Waals surface area contributed by atoms with Gasteiger partial charge >= 0.3 is 6.55 Å². The number of likely N-dealkylation sites (tertiary alicyclic amines) is 1. The van der Waals surface area contributed by atoms with Gasteiger partial charge in [0.05, 0.1) is 18.1 Å². The van der Waals surface area contributed by atoms with E-state index in [0.29, 0.717) is 28.0 Å². The second-order valence-electron chi connectivity index (χ2n) is 8.17. The number of carbonyl (C=O) groups excluding carboxylic acids is 1. The molecule has 3 N–H and O–H groups in total. The SMILES string of the molecule is CN1CC[C@@](O)(C#Cc2cccc(-c3cc(Oc4cnn(C(F)F)c4)c4ncnc(N)c4n3)c2)C1=O. The van der Waals surface area contributed by atoms with Crippen LogP contribution in [0, 0.1) is 11.8 Å². The maximum Gasteiger partial charge on any atom is 0.333 e. The first-order valence-corrected chi connectivity index (χ1v) is 10.8. The number of ether oxygens (including phenoxy) is 1. The molecule has 1 saturated heterocycles. The van der Waals surface area contributed by atoms with E-state index in [1.165, 1.54) is 11.2 Å². The number of hydrogen-bond acceptors (Lipinski definition) is 8. The third-order valence-corrected chi connectivity index (χ3v) is 5.67. The van der Waals surface area contributed by atoms with Crippen LogP contribution in [-0.4, -0.2) is 59.8 Å². The molecule has 0 spiro atoms. The molecule has 3 aromatic heterocycles. The number of hydrogen-bond donors (Lipinski definition) is 2. The van der Waals surface area contributed by atoms with Crippen molar-refractivity contribution in [1.82, 2.24) is 29.6 Å². The normalized spacial score (nSPS) is 17.5. The molecule has 1 atom stereocenters. The zero-order chi connectivity index (χ0) is 25.4. The van der Waals surface area contributed by atoms with E-state index in [4.69, 9.17) is 10.5 Å². The Kier molecular flexibility index (Phi) is 5.69. The fraction of sp³-hybridized carbons (Fsp3) is 0.208. The van der Waals surface area contributed by atoms with Gasteiger partial charge in [-0.1, -0.05) is 24.0 Å². The standard InChI is InChI=1S/C24H19F2N7O3/c1-32-8-7-24(35,22(32)34)6-5-14-3-2-4-15(9-14)17-10-18(19-20(31-17)21(27)29-13-28-19)36-16-11-30-33(12-16)23(25)26/h2-4,9-13,23,35H,7-8H2,1H3,(H2,27,28,29)/t24-/m0/s1. The van der Waals surface area contributed by atoms with E-state index in [1.54, 1.807) is 37.4 Å². The molecular weight excluding hydrogens is 472 g/mol. The third-order valence-electron chi connectivity index (χ3n) is 5.67. The molecule has 1 aliphatic rings. The summed E-state index contributed by atoms with van der Waals surface area (Å²) in [5.41, 5.74) is 6.46. The zero-order valence-electron chi connectivity index (χ0n) is 18.9. The van der Waals surface area contributed by atoms with Crippen LogP contribution in [0.5, 0.6) is 11.5 Å². The predicted molar refractivity (Wildman–Crippen MR) is 125 cm³/mol. The Bertz CT molecular complexity index is 1550. The summed E-state index contributed by atoms with van der Waals surface area (Å²) in [6.07, 6.45) is 3.69. The molecule has 5 rings (SSSR count). The lowest BCUT2D eigenvalue weighted by atomic mass is 10.0. The Morgan fingerprint density at radius 2 is 2.08 bits per heavy atom. The highest BCUT2D eigenvalue weighted by molar-refractivity contribution is 5.91. The Labute approximate surface area is 203 Å². The van der Waals surface area contributed by atoms with E-state index in [9.17, 15) is 18.7 Å². The van der Waals surface area contributed by atoms with Crippen molar-refractivity contribution in [2.45, 2.75) is 18.6 Å². The number of carbonyl (C=O) groups is 1. The summed E-state index contributed by atoms with van der Waals surface area (Å²) in [7, 11) is 1.61. The van der Waals surface area contributed by atoms with Gasteiger partial charge in [0.2, 0.25) is 5.60 Å². The van der Waals surface area contributed by atoms with Gasteiger partial charge in [-0.25, -0.2) is 19.6 Å². The number of aliphatic hydroxyl groups is 1. The number of nitrogen functional groups attached to an aromatic ring is 1. The first-order chi connectivity index (χ1) is 17.2. The van der Waals surface area contributed by atoms with Crippen molar-refractivity contribution in [3.8, 4) is 34.6 Å². The average molecular weight is 491 g/mol. The number of anilines is 1. The van der Waals surface area contributed by atoms with E-state index in [0.717, 1.165) is 12.4 Å². The molecule has 0 unspecified atom stereocenters. The number of aromatic nitrogens is 5. The lowest BCUT2D eigenvalue weighted by Gasteiger charge is -2.13. The minimum atomic E-state index is -2.81. The van der Waals surface area contributed by atoms with Crippen molar-refractivity contribution in [2.24, 2.45) is 0 Å². The van der Waals surface area contributed by atoms with E-state index >= 15 is 0 Å². The molecule has 1 aliphatic heterocycles. The second kappa shape index (κ2) is 8.86. The molecule has 10 nitrogen and oxygen atoms in total. The lowest BCUT2D eigenvalue weighted by molar-refractivity contribution is -0.137. The van der Waals surface area contributed by atoms with E-state index in [2.05, 4.69) is 31.9 Å². The quantitative estimate of drug-likeness (QED) is 0.417. The van der Waals surface area contributed by atoms with Crippen molar-refractivity contribution in [1.29, 1.82) is 0 Å². The number of alkyl halides is 2. The van der Waals surface area contributed by atoms with Crippen molar-refractivity contribution in [2.75, 3.05) is 19.3 Å². The highest BCUT2D eigenvalue weighted by Crippen LogP contribution is 2.34. The molecule has 182 valence electrons. The van der Waals surface area contributed by atoms with Crippen molar-refractivity contribution >= 4 is 22.8 Å². The summed E-state index contributed by atoms with van der Waals surface area (Å²) in [5, 5.41) is 14.1. The molecular formula is C24H19F2N7O3. The maximum absolute atomic E-state index is 12.9. The van der Waals surface area contributed by atoms with Crippen LogP contribution in [0.4, 0.5) is 14.6 Å². The Hall–Kier alpha value is -4.63. The van der Waals surface area contributed by atoms with Gasteiger partial charge in [0.15, 0.2) is 17.3 Å². The molecule has 0 saturated carbocycles. The number of likely N-dealkylation sites (N-methyl/N-ethyl adjacent to an activating group) is 1. The number of halogens is 2. The van der Waals surface area contributed by atoms with Gasteiger partial charge in [-0.05, 0) is 12.1 Å². The number of rotatable bonds is 4. The fourth-order valence-corrected chi connectivity index (χ4v) is 3.76. The fourth-order valence-electron chi connectivity index (χ4n) is 3.76. The highest BCUT2D eigenvalue weighted by atomic mass is 19.3. The van der Waals surface area contributed by atoms with Crippen LogP contribution in [-0.2, 0) is 4.79 Å². The maximum atomic E-state index is 12.9. The molecule has 4 aromatic rings. The van der Waals surface area contributed by atoms with Crippen LogP contribution in [0.25, 0.3) is 22.3 Å². The van der Waals surface area contributed by atoms with Gasteiger partial charge in [-0.2, -0.15) is 13.9 Å². The lowest BCUT2D eigenvalue weighted by Crippen LogP contribution is -2.37.